The van der Waals surface area contributed by atoms with Crippen LogP contribution in [-0.2, 0) is 13.2 Å². The molecule has 0 unspecified atom stereocenters. The van der Waals surface area contributed by atoms with Crippen LogP contribution in [0.3, 0.4) is 0 Å². The van der Waals surface area contributed by atoms with Gasteiger partial charge in [0, 0.05) is 12.7 Å². The molecule has 0 saturated heterocycles. The predicted octanol–water partition coefficient (Wildman–Crippen LogP) is 4.60. The Balaban J connectivity index is 3.62. The van der Waals surface area contributed by atoms with Gasteiger partial charge in [-0.25, -0.2) is 0 Å². The maximum Gasteiger partial charge on any atom is 0.431 e. The molecular weight excluding hydrogens is 227 g/mol. The van der Waals surface area contributed by atoms with Crippen molar-refractivity contribution in [1.82, 2.24) is 4.57 Å². The molecule has 98 valence electrons. The molecule has 1 heterocycles. The van der Waals surface area contributed by atoms with Gasteiger partial charge >= 0.3 is 6.18 Å². The van der Waals surface area contributed by atoms with Crippen LogP contribution >= 0.6 is 0 Å². The Bertz CT molecular complexity index is 380. The summed E-state index contributed by atoms with van der Waals surface area (Å²) in [6.07, 6.45) is -4.28. The maximum absolute atomic E-state index is 13.0. The molecule has 4 heteroatoms. The van der Waals surface area contributed by atoms with E-state index in [2.05, 4.69) is 0 Å². The van der Waals surface area contributed by atoms with E-state index in [1.165, 1.54) is 11.6 Å². The van der Waals surface area contributed by atoms with Crippen LogP contribution in [0, 0.1) is 6.92 Å². The van der Waals surface area contributed by atoms with Crippen molar-refractivity contribution < 1.29 is 13.2 Å². The van der Waals surface area contributed by atoms with Gasteiger partial charge in [-0.15, -0.1) is 0 Å². The van der Waals surface area contributed by atoms with Gasteiger partial charge in [0.2, 0.25) is 0 Å². The molecule has 0 aliphatic rings. The van der Waals surface area contributed by atoms with Crippen LogP contribution in [0.15, 0.2) is 0 Å². The summed E-state index contributed by atoms with van der Waals surface area (Å²) >= 11 is 0. The molecule has 0 saturated carbocycles. The van der Waals surface area contributed by atoms with Crippen LogP contribution in [0.5, 0.6) is 0 Å². The first-order valence-electron chi connectivity index (χ1n) is 5.85. The van der Waals surface area contributed by atoms with Gasteiger partial charge in [0.05, 0.1) is 0 Å². The molecule has 0 aliphatic carbocycles. The van der Waals surface area contributed by atoms with Crippen LogP contribution in [0.4, 0.5) is 13.2 Å². The van der Waals surface area contributed by atoms with Crippen molar-refractivity contribution in [3.05, 3.63) is 22.5 Å². The molecule has 1 aromatic heterocycles. The number of halogens is 3. The quantitative estimate of drug-likeness (QED) is 0.719. The Labute approximate surface area is 101 Å². The summed E-state index contributed by atoms with van der Waals surface area (Å²) in [6.45, 7) is 9.31. The van der Waals surface area contributed by atoms with E-state index < -0.39 is 11.9 Å². The molecule has 0 fully saturated rings. The zero-order chi connectivity index (χ0) is 13.5. The highest BCUT2D eigenvalue weighted by Crippen LogP contribution is 2.40. The summed E-state index contributed by atoms with van der Waals surface area (Å²) in [4.78, 5) is 0. The summed E-state index contributed by atoms with van der Waals surface area (Å²) in [5.74, 6) is 0.196. The molecule has 1 nitrogen and oxygen atoms in total. The van der Waals surface area contributed by atoms with Gasteiger partial charge in [0.15, 0.2) is 0 Å². The molecule has 1 rings (SSSR count). The average Bonchev–Trinajstić information content (AvgIpc) is 2.35. The highest BCUT2D eigenvalue weighted by Gasteiger charge is 2.39. The van der Waals surface area contributed by atoms with Crippen molar-refractivity contribution in [3.63, 3.8) is 0 Å². The number of hydrogen-bond acceptors (Lipinski definition) is 0. The highest BCUT2D eigenvalue weighted by atomic mass is 19.4. The first-order valence-corrected chi connectivity index (χ1v) is 5.85. The lowest BCUT2D eigenvalue weighted by Gasteiger charge is -2.14. The minimum absolute atomic E-state index is 0.0900. The van der Waals surface area contributed by atoms with Crippen molar-refractivity contribution in [2.24, 2.45) is 7.05 Å². The van der Waals surface area contributed by atoms with Crippen molar-refractivity contribution in [1.29, 1.82) is 0 Å². The first kappa shape index (κ1) is 14.1. The molecule has 0 aromatic carbocycles. The summed E-state index contributed by atoms with van der Waals surface area (Å²) in [5.41, 5.74) is 1.50. The topological polar surface area (TPSA) is 4.93 Å². The van der Waals surface area contributed by atoms with Gasteiger partial charge in [-0.1, -0.05) is 27.7 Å². The second-order valence-corrected chi connectivity index (χ2v) is 5.14. The third kappa shape index (κ3) is 2.35. The Kier molecular flexibility index (Phi) is 3.65. The van der Waals surface area contributed by atoms with E-state index in [0.717, 1.165) is 11.3 Å². The zero-order valence-electron chi connectivity index (χ0n) is 11.2. The van der Waals surface area contributed by atoms with Crippen LogP contribution < -0.4 is 0 Å². The Hall–Kier alpha value is -0.930. The largest absolute Gasteiger partial charge is 0.431 e. The van der Waals surface area contributed by atoms with Crippen LogP contribution in [0.2, 0.25) is 0 Å². The second-order valence-electron chi connectivity index (χ2n) is 5.14. The molecule has 17 heavy (non-hydrogen) atoms. The Morgan fingerprint density at radius 2 is 1.47 bits per heavy atom. The number of rotatable bonds is 2. The van der Waals surface area contributed by atoms with Gasteiger partial charge in [-0.3, -0.25) is 0 Å². The average molecular weight is 247 g/mol. The van der Waals surface area contributed by atoms with E-state index in [-0.39, 0.29) is 11.8 Å². The van der Waals surface area contributed by atoms with Crippen LogP contribution in [0.1, 0.15) is 62.0 Å². The number of aromatic nitrogens is 1. The minimum atomic E-state index is -4.28. The minimum Gasteiger partial charge on any atom is -0.343 e. The summed E-state index contributed by atoms with van der Waals surface area (Å²) in [7, 11) is 1.51. The Morgan fingerprint density at radius 1 is 1.00 bits per heavy atom. The SMILES string of the molecule is Cc1c(C(C)C)c(C(C)C)n(C)c1C(F)(F)F. The number of alkyl halides is 3. The molecule has 0 atom stereocenters. The third-order valence-corrected chi connectivity index (χ3v) is 3.12. The van der Waals surface area contributed by atoms with E-state index in [1.807, 2.05) is 27.7 Å². The maximum atomic E-state index is 13.0. The van der Waals surface area contributed by atoms with Crippen molar-refractivity contribution in [2.45, 2.75) is 52.6 Å². The fourth-order valence-electron chi connectivity index (χ4n) is 2.70. The lowest BCUT2D eigenvalue weighted by molar-refractivity contribution is -0.143. The molecular formula is C13H20F3N. The van der Waals surface area contributed by atoms with Gasteiger partial charge in [-0.05, 0) is 29.9 Å². The predicted molar refractivity (Wildman–Crippen MR) is 63.3 cm³/mol. The van der Waals surface area contributed by atoms with E-state index in [0.29, 0.717) is 5.56 Å². The second kappa shape index (κ2) is 4.39. The fourth-order valence-corrected chi connectivity index (χ4v) is 2.70. The lowest BCUT2D eigenvalue weighted by Crippen LogP contribution is -2.14. The third-order valence-electron chi connectivity index (χ3n) is 3.12. The standard InChI is InChI=1S/C13H20F3N/c1-7(2)10-9(5)12(13(14,15)16)17(6)11(10)8(3)4/h7-8H,1-6H3. The van der Waals surface area contributed by atoms with Gasteiger partial charge < -0.3 is 4.57 Å². The molecule has 0 amide bonds. The van der Waals surface area contributed by atoms with Gasteiger partial charge in [-0.2, -0.15) is 13.2 Å². The fraction of sp³-hybridized carbons (Fsp3) is 0.692. The summed E-state index contributed by atoms with van der Waals surface area (Å²) in [6, 6.07) is 0. The van der Waals surface area contributed by atoms with Crippen molar-refractivity contribution >= 4 is 0 Å². The first-order chi connectivity index (χ1) is 7.59. The molecule has 0 bridgehead atoms. The van der Waals surface area contributed by atoms with E-state index in [4.69, 9.17) is 0 Å². The zero-order valence-corrected chi connectivity index (χ0v) is 11.2. The van der Waals surface area contributed by atoms with Crippen LogP contribution in [-0.4, -0.2) is 4.57 Å². The molecule has 0 N–H and O–H groups in total. The highest BCUT2D eigenvalue weighted by molar-refractivity contribution is 5.42. The molecule has 0 aliphatic heterocycles. The van der Waals surface area contributed by atoms with E-state index in [1.54, 1.807) is 6.92 Å². The lowest BCUT2D eigenvalue weighted by atomic mass is 9.94. The summed E-state index contributed by atoms with van der Waals surface area (Å²) in [5, 5.41) is 0. The molecule has 0 spiro atoms. The van der Waals surface area contributed by atoms with E-state index >= 15 is 0 Å². The van der Waals surface area contributed by atoms with E-state index in [9.17, 15) is 13.2 Å². The number of nitrogens with zero attached hydrogens (tertiary/aromatic N) is 1. The Morgan fingerprint density at radius 3 is 1.71 bits per heavy atom. The van der Waals surface area contributed by atoms with Crippen LogP contribution in [0.25, 0.3) is 0 Å². The van der Waals surface area contributed by atoms with Gasteiger partial charge in [0.25, 0.3) is 0 Å². The number of hydrogen-bond donors (Lipinski definition) is 0. The normalized spacial score (nSPS) is 12.9. The van der Waals surface area contributed by atoms with Crippen molar-refractivity contribution in [3.8, 4) is 0 Å². The monoisotopic (exact) mass is 247 g/mol. The van der Waals surface area contributed by atoms with Crippen molar-refractivity contribution in [2.75, 3.05) is 0 Å². The molecule has 0 radical (unpaired) electrons. The summed E-state index contributed by atoms with van der Waals surface area (Å²) < 4.78 is 40.3. The van der Waals surface area contributed by atoms with Gasteiger partial charge in [0.1, 0.15) is 5.69 Å². The molecule has 1 aromatic rings. The smallest absolute Gasteiger partial charge is 0.343 e.